The summed E-state index contributed by atoms with van der Waals surface area (Å²) in [5, 5.41) is 186. The molecular weight excluding hydrogens is 972 g/mol. The third-order valence-corrected chi connectivity index (χ3v) is 12.8. The number of nitrogens with one attached hydrogen (secondary N) is 2. The molecule has 0 aromatic heterocycles. The zero-order valence-corrected chi connectivity index (χ0v) is 38.8. The summed E-state index contributed by atoms with van der Waals surface area (Å²) in [7, 11) is 0. The molecule has 29 atom stereocenters. The van der Waals surface area contributed by atoms with Crippen LogP contribution in [0.25, 0.3) is 0 Å². The molecule has 5 heterocycles. The fraction of sp³-hybridized carbons (Fsp3) is 0.950. The van der Waals surface area contributed by atoms with Crippen LogP contribution in [0.3, 0.4) is 0 Å². The van der Waals surface area contributed by atoms with Gasteiger partial charge < -0.3 is 145 Å². The van der Waals surface area contributed by atoms with Crippen LogP contribution in [0.1, 0.15) is 27.7 Å². The molecular formula is C40H70N2O29. The number of carbonyl (C=O) groups is 2. The molecule has 5 rings (SSSR count). The van der Waals surface area contributed by atoms with Gasteiger partial charge in [-0.2, -0.15) is 0 Å². The van der Waals surface area contributed by atoms with Crippen molar-refractivity contribution >= 4 is 11.8 Å². The molecule has 0 spiro atoms. The Hall–Kier alpha value is -2.14. The van der Waals surface area contributed by atoms with Gasteiger partial charge in [-0.25, -0.2) is 0 Å². The zero-order chi connectivity index (χ0) is 52.9. The number of rotatable bonds is 20. The van der Waals surface area contributed by atoms with E-state index in [0.717, 1.165) is 13.8 Å². The number of amides is 2. The second-order valence-corrected chi connectivity index (χ2v) is 18.0. The predicted octanol–water partition coefficient (Wildman–Crippen LogP) is -12.1. The van der Waals surface area contributed by atoms with E-state index >= 15 is 0 Å². The minimum absolute atomic E-state index is 0.794. The first kappa shape index (κ1) is 59.7. The average Bonchev–Trinajstić information content (AvgIpc) is 3.33. The van der Waals surface area contributed by atoms with E-state index in [0.29, 0.717) is 0 Å². The van der Waals surface area contributed by atoms with E-state index in [9.17, 15) is 96.4 Å². The Bertz CT molecular complexity index is 1660. The van der Waals surface area contributed by atoms with Gasteiger partial charge in [0.25, 0.3) is 0 Å². The Balaban J connectivity index is 1.51. The molecule has 414 valence electrons. The van der Waals surface area contributed by atoms with E-state index in [-0.39, 0.29) is 0 Å². The summed E-state index contributed by atoms with van der Waals surface area (Å²) in [5.41, 5.74) is 0. The molecule has 0 saturated carbocycles. The lowest BCUT2D eigenvalue weighted by molar-refractivity contribution is -0.392. The Morgan fingerprint density at radius 2 is 0.958 bits per heavy atom. The maximum Gasteiger partial charge on any atom is 0.217 e. The molecule has 19 N–H and O–H groups in total. The highest BCUT2D eigenvalue weighted by Crippen LogP contribution is 2.36. The Kier molecular flexibility index (Phi) is 21.9. The van der Waals surface area contributed by atoms with Crippen molar-refractivity contribution in [3.8, 4) is 0 Å². The van der Waals surface area contributed by atoms with Gasteiger partial charge in [0.05, 0.1) is 51.3 Å². The first-order valence-electron chi connectivity index (χ1n) is 22.7. The number of ether oxygens (including phenoxy) is 10. The van der Waals surface area contributed by atoms with Gasteiger partial charge >= 0.3 is 0 Å². The number of hydrogen-bond acceptors (Lipinski definition) is 29. The minimum Gasteiger partial charge on any atom is -0.394 e. The van der Waals surface area contributed by atoms with E-state index in [2.05, 4.69) is 10.6 Å². The van der Waals surface area contributed by atoms with E-state index in [1.165, 1.54) is 13.8 Å². The summed E-state index contributed by atoms with van der Waals surface area (Å²) >= 11 is 0. The van der Waals surface area contributed by atoms with Gasteiger partial charge in [-0.3, -0.25) is 9.59 Å². The van der Waals surface area contributed by atoms with Gasteiger partial charge in [-0.15, -0.1) is 0 Å². The first-order valence-corrected chi connectivity index (χ1v) is 22.7. The highest BCUT2D eigenvalue weighted by Gasteiger charge is 2.57. The summed E-state index contributed by atoms with van der Waals surface area (Å²) in [4.78, 5) is 25.2. The van der Waals surface area contributed by atoms with Gasteiger partial charge in [0.15, 0.2) is 31.5 Å². The van der Waals surface area contributed by atoms with Crippen molar-refractivity contribution in [2.24, 2.45) is 0 Å². The van der Waals surface area contributed by atoms with Gasteiger partial charge in [-0.05, 0) is 13.8 Å². The summed E-state index contributed by atoms with van der Waals surface area (Å²) in [6.45, 7) is -0.367. The van der Waals surface area contributed by atoms with Crippen LogP contribution in [-0.4, -0.2) is 309 Å². The highest BCUT2D eigenvalue weighted by molar-refractivity contribution is 5.73. The highest BCUT2D eigenvalue weighted by atomic mass is 16.8. The molecule has 0 aliphatic carbocycles. The molecule has 5 aliphatic rings. The molecule has 0 bridgehead atoms. The fourth-order valence-corrected chi connectivity index (χ4v) is 8.69. The van der Waals surface area contributed by atoms with Crippen molar-refractivity contribution in [1.29, 1.82) is 0 Å². The quantitative estimate of drug-likeness (QED) is 0.0538. The Morgan fingerprint density at radius 3 is 1.45 bits per heavy atom. The smallest absolute Gasteiger partial charge is 0.217 e. The molecule has 0 aromatic rings. The number of hydrogen-bond donors (Lipinski definition) is 19. The van der Waals surface area contributed by atoms with E-state index in [4.69, 9.17) is 47.4 Å². The van der Waals surface area contributed by atoms with Crippen LogP contribution in [0.15, 0.2) is 0 Å². The van der Waals surface area contributed by atoms with Crippen LogP contribution < -0.4 is 10.6 Å². The van der Waals surface area contributed by atoms with Crippen molar-refractivity contribution in [3.05, 3.63) is 0 Å². The zero-order valence-electron chi connectivity index (χ0n) is 38.8. The van der Waals surface area contributed by atoms with Crippen molar-refractivity contribution in [2.45, 2.75) is 206 Å². The van der Waals surface area contributed by atoms with Gasteiger partial charge in [0.2, 0.25) is 11.8 Å². The van der Waals surface area contributed by atoms with Crippen LogP contribution in [0.4, 0.5) is 0 Å². The van der Waals surface area contributed by atoms with E-state index in [1.54, 1.807) is 0 Å². The van der Waals surface area contributed by atoms with Crippen LogP contribution in [0.2, 0.25) is 0 Å². The standard InChI is InChI=1S/C40H70N2O29/c1-10-20(50)25(55)29(59)37(63-10)69-33-18(8-46)67-36(62-9-15(49)22(52)32(14(5-43)41-12(3)47)68-39-31(61)27(57)23(53)16(6-44)65-39)19(42-13(4)48)34(33)70-40-35(28(58)24(54)17(7-45)66-40)71-38-30(60)26(56)21(51)11(2)64-38/h10-11,14-40,43-46,49-61H,5-9H2,1-4H3,(H,41,47)(H,42,48)/t10-,11-,14-,15+,16+,17+,18+,19+,20+,21+,22-,23-,24-,25+,26+,27-,28-,29-,30-,31+,32+,33+,34+,35+,36+,37-,38-,39-,40-/m0/s1. The number of aliphatic hydroxyl groups is 17. The lowest BCUT2D eigenvalue weighted by Crippen LogP contribution is -2.70. The summed E-state index contributed by atoms with van der Waals surface area (Å²) in [6.07, 6.45) is -50.3. The van der Waals surface area contributed by atoms with Crippen molar-refractivity contribution in [2.75, 3.05) is 33.0 Å². The minimum atomic E-state index is -2.27. The summed E-state index contributed by atoms with van der Waals surface area (Å²) in [5.74, 6) is -1.67. The lowest BCUT2D eigenvalue weighted by Gasteiger charge is -2.51. The van der Waals surface area contributed by atoms with Gasteiger partial charge in [0.1, 0.15) is 128 Å². The maximum atomic E-state index is 13.0. The largest absolute Gasteiger partial charge is 0.394 e. The van der Waals surface area contributed by atoms with Gasteiger partial charge in [0, 0.05) is 13.8 Å². The topological polar surface area (TPSA) is 494 Å². The second-order valence-electron chi connectivity index (χ2n) is 18.0. The predicted molar refractivity (Wildman–Crippen MR) is 222 cm³/mol. The number of aliphatic hydroxyl groups excluding tert-OH is 17. The van der Waals surface area contributed by atoms with Crippen LogP contribution in [0, 0.1) is 0 Å². The Labute approximate surface area is 404 Å². The van der Waals surface area contributed by atoms with Crippen LogP contribution in [0.5, 0.6) is 0 Å². The SMILES string of the molecule is CC(=O)N[C@H]1[C@H](OC[C@@H](O)[C@H](O)[C@H](O[C@@H]2O[C@H](CO)[C@H](O)[C@H](O)[C@H]2O)[C@H](CO)NC(C)=O)O[C@H](CO)[C@@H](O[C@@H]2O[C@@H](C)[C@@H](O)[C@@H](O)[C@@H]2O)[C@@H]1O[C@@H]1O[C@H](CO)[C@H](O)[C@H](O)[C@H]1O[C@@H]1O[C@@H](C)[C@@H](O)[C@@H](O)[C@@H]1O. The fourth-order valence-electron chi connectivity index (χ4n) is 8.69. The molecule has 31 nitrogen and oxygen atoms in total. The third-order valence-electron chi connectivity index (χ3n) is 12.8. The maximum absolute atomic E-state index is 13.0. The molecule has 31 heteroatoms. The summed E-state index contributed by atoms with van der Waals surface area (Å²) in [6, 6.07) is -3.41. The van der Waals surface area contributed by atoms with Crippen LogP contribution >= 0.6 is 0 Å². The molecule has 5 saturated heterocycles. The first-order chi connectivity index (χ1) is 33.4. The molecule has 5 fully saturated rings. The summed E-state index contributed by atoms with van der Waals surface area (Å²) < 4.78 is 58.2. The molecule has 2 amide bonds. The van der Waals surface area contributed by atoms with Crippen molar-refractivity contribution in [1.82, 2.24) is 10.6 Å². The average molecular weight is 1040 g/mol. The lowest BCUT2D eigenvalue weighted by atomic mass is 9.94. The van der Waals surface area contributed by atoms with Gasteiger partial charge in [-0.1, -0.05) is 0 Å². The molecule has 5 aliphatic heterocycles. The van der Waals surface area contributed by atoms with Crippen LogP contribution in [-0.2, 0) is 57.0 Å². The molecule has 0 radical (unpaired) electrons. The monoisotopic (exact) mass is 1040 g/mol. The Morgan fingerprint density at radius 1 is 0.507 bits per heavy atom. The van der Waals surface area contributed by atoms with E-state index in [1.807, 2.05) is 0 Å². The number of carbonyl (C=O) groups excluding carboxylic acids is 2. The third kappa shape index (κ3) is 13.6. The van der Waals surface area contributed by atoms with E-state index < -0.39 is 223 Å². The molecule has 71 heavy (non-hydrogen) atoms. The molecule has 0 aromatic carbocycles. The molecule has 0 unspecified atom stereocenters. The van der Waals surface area contributed by atoms with Crippen molar-refractivity contribution < 1.29 is 144 Å². The van der Waals surface area contributed by atoms with Crippen molar-refractivity contribution in [3.63, 3.8) is 0 Å². The normalized spacial score (nSPS) is 46.1. The second kappa shape index (κ2) is 26.1.